The van der Waals surface area contributed by atoms with E-state index in [-0.39, 0.29) is 41.9 Å². The van der Waals surface area contributed by atoms with E-state index in [2.05, 4.69) is 6.58 Å². The van der Waals surface area contributed by atoms with Gasteiger partial charge in [-0.3, -0.25) is 4.55 Å². The fourth-order valence-corrected chi connectivity index (χ4v) is 0.659. The minimum atomic E-state index is -3.86. The molecule has 0 bridgehead atoms. The molecule has 0 radical (unpaired) electrons. The van der Waals surface area contributed by atoms with Crippen LogP contribution in [0.4, 0.5) is 0 Å². The summed E-state index contributed by atoms with van der Waals surface area (Å²) in [4.78, 5) is 0. The molecule has 0 fully saturated rings. The summed E-state index contributed by atoms with van der Waals surface area (Å²) >= 11 is 0. The SMILES string of the molecule is C=CCOCCS(=O)(=O)O.[NaH]. The van der Waals surface area contributed by atoms with Gasteiger partial charge in [0.1, 0.15) is 0 Å². The van der Waals surface area contributed by atoms with Gasteiger partial charge in [-0.25, -0.2) is 0 Å². The van der Waals surface area contributed by atoms with Crippen LogP contribution in [0.25, 0.3) is 0 Å². The Labute approximate surface area is 88.7 Å². The molecule has 62 valence electrons. The Hall–Kier alpha value is 0.610. The summed E-state index contributed by atoms with van der Waals surface area (Å²) in [5, 5.41) is 0. The van der Waals surface area contributed by atoms with Crippen molar-refractivity contribution in [1.82, 2.24) is 0 Å². The Morgan fingerprint density at radius 2 is 2.09 bits per heavy atom. The summed E-state index contributed by atoms with van der Waals surface area (Å²) in [5.41, 5.74) is 0. The van der Waals surface area contributed by atoms with Crippen LogP contribution >= 0.6 is 0 Å². The van der Waals surface area contributed by atoms with Crippen LogP contribution in [0, 0.1) is 0 Å². The van der Waals surface area contributed by atoms with E-state index >= 15 is 0 Å². The van der Waals surface area contributed by atoms with Crippen LogP contribution in [0.5, 0.6) is 0 Å². The molecule has 0 aromatic rings. The quantitative estimate of drug-likeness (QED) is 0.273. The van der Waals surface area contributed by atoms with Crippen molar-refractivity contribution in [2.75, 3.05) is 19.0 Å². The van der Waals surface area contributed by atoms with E-state index in [1.807, 2.05) is 0 Å². The second-order valence-electron chi connectivity index (χ2n) is 1.65. The Bertz CT molecular complexity index is 187. The van der Waals surface area contributed by atoms with Gasteiger partial charge in [-0.2, -0.15) is 8.42 Å². The zero-order valence-electron chi connectivity index (χ0n) is 5.49. The fraction of sp³-hybridized carbons (Fsp3) is 0.600. The van der Waals surface area contributed by atoms with Gasteiger partial charge in [0.05, 0.1) is 19.0 Å². The molecule has 0 rings (SSSR count). The molecule has 0 aliphatic rings. The molecule has 0 spiro atoms. The topological polar surface area (TPSA) is 63.6 Å². The third-order valence-corrected chi connectivity index (χ3v) is 1.40. The summed E-state index contributed by atoms with van der Waals surface area (Å²) in [6.07, 6.45) is 1.50. The first-order valence-corrected chi connectivity index (χ1v) is 4.31. The second kappa shape index (κ2) is 7.27. The summed E-state index contributed by atoms with van der Waals surface area (Å²) < 4.78 is 33.0. The van der Waals surface area contributed by atoms with Crippen molar-refractivity contribution in [3.8, 4) is 0 Å². The van der Waals surface area contributed by atoms with E-state index in [1.165, 1.54) is 6.08 Å². The molecular weight excluding hydrogens is 179 g/mol. The summed E-state index contributed by atoms with van der Waals surface area (Å²) in [6, 6.07) is 0. The molecule has 0 aromatic heterocycles. The first-order valence-electron chi connectivity index (χ1n) is 2.70. The van der Waals surface area contributed by atoms with Gasteiger partial charge in [-0.1, -0.05) is 6.08 Å². The average Bonchev–Trinajstić information content (AvgIpc) is 1.78. The molecule has 0 saturated carbocycles. The van der Waals surface area contributed by atoms with Crippen molar-refractivity contribution in [2.45, 2.75) is 0 Å². The molecule has 0 unspecified atom stereocenters. The summed E-state index contributed by atoms with van der Waals surface area (Å²) in [7, 11) is -3.86. The predicted octanol–water partition coefficient (Wildman–Crippen LogP) is -0.572. The molecule has 11 heavy (non-hydrogen) atoms. The Balaban J connectivity index is 0. The van der Waals surface area contributed by atoms with Gasteiger partial charge in [0.25, 0.3) is 10.1 Å². The van der Waals surface area contributed by atoms with Crippen LogP contribution in [0.15, 0.2) is 12.7 Å². The third kappa shape index (κ3) is 13.6. The number of ether oxygens (including phenoxy) is 1. The van der Waals surface area contributed by atoms with Gasteiger partial charge in [0, 0.05) is 0 Å². The van der Waals surface area contributed by atoms with Crippen molar-refractivity contribution >= 4 is 39.7 Å². The number of hydrogen-bond donors (Lipinski definition) is 1. The van der Waals surface area contributed by atoms with Gasteiger partial charge in [0.15, 0.2) is 0 Å². The fourth-order valence-electron chi connectivity index (χ4n) is 0.331. The standard InChI is InChI=1S/C5H10O4S.Na.H/c1-2-3-9-4-5-10(6,7)8;;/h2H,1,3-5H2,(H,6,7,8);;. The molecule has 0 aliphatic carbocycles. The van der Waals surface area contributed by atoms with Gasteiger partial charge < -0.3 is 4.74 Å². The van der Waals surface area contributed by atoms with Crippen molar-refractivity contribution < 1.29 is 17.7 Å². The van der Waals surface area contributed by atoms with Gasteiger partial charge in [-0.05, 0) is 0 Å². The molecule has 0 aromatic carbocycles. The van der Waals surface area contributed by atoms with E-state index in [4.69, 9.17) is 9.29 Å². The first kappa shape index (κ1) is 14.2. The summed E-state index contributed by atoms with van der Waals surface area (Å²) in [6.45, 7) is 3.66. The Morgan fingerprint density at radius 3 is 2.45 bits per heavy atom. The average molecular weight is 190 g/mol. The molecule has 4 nitrogen and oxygen atoms in total. The predicted molar refractivity (Wildman–Crippen MR) is 44.6 cm³/mol. The van der Waals surface area contributed by atoms with Gasteiger partial charge in [-0.15, -0.1) is 6.58 Å². The van der Waals surface area contributed by atoms with Crippen molar-refractivity contribution in [1.29, 1.82) is 0 Å². The van der Waals surface area contributed by atoms with Crippen LogP contribution in [0.2, 0.25) is 0 Å². The molecule has 1 N–H and O–H groups in total. The Morgan fingerprint density at radius 1 is 1.55 bits per heavy atom. The maximum absolute atomic E-state index is 10.0. The first-order chi connectivity index (χ1) is 4.56. The van der Waals surface area contributed by atoms with Gasteiger partial charge >= 0.3 is 29.6 Å². The zero-order chi connectivity index (χ0) is 8.04. The maximum atomic E-state index is 10.0. The minimum absolute atomic E-state index is 0. The molecule has 0 saturated heterocycles. The molecule has 0 amide bonds. The van der Waals surface area contributed by atoms with E-state index in [0.29, 0.717) is 6.61 Å². The van der Waals surface area contributed by atoms with Crippen LogP contribution in [-0.2, 0) is 14.9 Å². The second-order valence-corrected chi connectivity index (χ2v) is 3.22. The van der Waals surface area contributed by atoms with Crippen molar-refractivity contribution in [2.24, 2.45) is 0 Å². The van der Waals surface area contributed by atoms with Crippen LogP contribution in [-0.4, -0.2) is 61.5 Å². The monoisotopic (exact) mass is 190 g/mol. The molecule has 0 heterocycles. The Kier molecular flexibility index (Phi) is 9.35. The third-order valence-electron chi connectivity index (χ3n) is 0.721. The number of rotatable bonds is 5. The summed E-state index contributed by atoms with van der Waals surface area (Å²) in [5.74, 6) is -0.360. The van der Waals surface area contributed by atoms with Gasteiger partial charge in [0.2, 0.25) is 0 Å². The van der Waals surface area contributed by atoms with E-state index in [0.717, 1.165) is 0 Å². The van der Waals surface area contributed by atoms with Crippen molar-refractivity contribution in [3.63, 3.8) is 0 Å². The van der Waals surface area contributed by atoms with Crippen molar-refractivity contribution in [3.05, 3.63) is 12.7 Å². The molecule has 0 aliphatic heterocycles. The molecule has 0 atom stereocenters. The molecule has 6 heteroatoms. The van der Waals surface area contributed by atoms with E-state index < -0.39 is 10.1 Å². The molecular formula is C5H11NaO4S. The zero-order valence-corrected chi connectivity index (χ0v) is 6.30. The van der Waals surface area contributed by atoms with Crippen LogP contribution < -0.4 is 0 Å². The van der Waals surface area contributed by atoms with Crippen LogP contribution in [0.3, 0.4) is 0 Å². The van der Waals surface area contributed by atoms with E-state index in [1.54, 1.807) is 0 Å². The number of hydrogen-bond acceptors (Lipinski definition) is 3. The van der Waals surface area contributed by atoms with E-state index in [9.17, 15) is 8.42 Å². The normalized spacial score (nSPS) is 10.3. The van der Waals surface area contributed by atoms with Crippen LogP contribution in [0.1, 0.15) is 0 Å².